The number of aryl methyl sites for hydroxylation is 1. The molecule has 120 valence electrons. The summed E-state index contributed by atoms with van der Waals surface area (Å²) < 4.78 is 5.28. The van der Waals surface area contributed by atoms with E-state index in [9.17, 15) is 9.59 Å². The fraction of sp³-hybridized carbons (Fsp3) is 0.158. The number of thioether (sulfide) groups is 1. The molecule has 1 saturated heterocycles. The molecular weight excluding hydrogens is 322 g/mol. The van der Waals surface area contributed by atoms with E-state index in [4.69, 9.17) is 4.42 Å². The average Bonchev–Trinajstić information content (AvgIpc) is 2.96. The lowest BCUT2D eigenvalue weighted by Crippen LogP contribution is -2.28. The molecule has 4 rings (SSSR count). The van der Waals surface area contributed by atoms with E-state index in [2.05, 4.69) is 0 Å². The van der Waals surface area contributed by atoms with Gasteiger partial charge in [0.25, 0.3) is 0 Å². The zero-order chi connectivity index (χ0) is 16.7. The van der Waals surface area contributed by atoms with Crippen LogP contribution in [0.15, 0.2) is 63.8 Å². The highest BCUT2D eigenvalue weighted by atomic mass is 32.2. The summed E-state index contributed by atoms with van der Waals surface area (Å²) in [6, 6.07) is 16.8. The van der Waals surface area contributed by atoms with Gasteiger partial charge in [-0.15, -0.1) is 11.8 Å². The molecule has 1 aromatic heterocycles. The molecule has 0 spiro atoms. The molecule has 0 aliphatic carbocycles. The predicted molar refractivity (Wildman–Crippen MR) is 96.3 cm³/mol. The zero-order valence-corrected chi connectivity index (χ0v) is 13.9. The van der Waals surface area contributed by atoms with E-state index in [1.54, 1.807) is 11.0 Å². The summed E-state index contributed by atoms with van der Waals surface area (Å²) in [5, 5.41) is 0.635. The summed E-state index contributed by atoms with van der Waals surface area (Å²) in [4.78, 5) is 26.2. The SMILES string of the molecule is Cc1ccc(N2C(=O)CSC2c2cc(=O)oc3ccccc23)cc1. The number of anilines is 1. The number of fused-ring (bicyclic) bond motifs is 1. The molecule has 1 atom stereocenters. The van der Waals surface area contributed by atoms with Gasteiger partial charge in [0.15, 0.2) is 0 Å². The lowest BCUT2D eigenvalue weighted by atomic mass is 10.1. The number of para-hydroxylation sites is 1. The van der Waals surface area contributed by atoms with Crippen LogP contribution in [-0.4, -0.2) is 11.7 Å². The Kier molecular flexibility index (Phi) is 3.65. The van der Waals surface area contributed by atoms with Crippen LogP contribution in [0.5, 0.6) is 0 Å². The molecule has 4 nitrogen and oxygen atoms in total. The largest absolute Gasteiger partial charge is 0.423 e. The molecule has 5 heteroatoms. The summed E-state index contributed by atoms with van der Waals surface area (Å²) in [6.45, 7) is 2.01. The van der Waals surface area contributed by atoms with Crippen molar-refractivity contribution in [2.45, 2.75) is 12.3 Å². The fourth-order valence-electron chi connectivity index (χ4n) is 2.98. The lowest BCUT2D eigenvalue weighted by molar-refractivity contribution is -0.115. The zero-order valence-electron chi connectivity index (χ0n) is 13.1. The molecule has 1 amide bonds. The second-order valence-corrected chi connectivity index (χ2v) is 6.85. The van der Waals surface area contributed by atoms with Crippen LogP contribution in [-0.2, 0) is 4.79 Å². The van der Waals surface area contributed by atoms with Gasteiger partial charge in [-0.2, -0.15) is 0 Å². The van der Waals surface area contributed by atoms with Gasteiger partial charge in [-0.25, -0.2) is 4.79 Å². The fourth-order valence-corrected chi connectivity index (χ4v) is 4.18. The van der Waals surface area contributed by atoms with Crippen LogP contribution in [0.3, 0.4) is 0 Å². The van der Waals surface area contributed by atoms with Crippen molar-refractivity contribution in [1.82, 2.24) is 0 Å². The van der Waals surface area contributed by atoms with Gasteiger partial charge in [-0.05, 0) is 25.1 Å². The van der Waals surface area contributed by atoms with Gasteiger partial charge in [0.05, 0.1) is 5.75 Å². The van der Waals surface area contributed by atoms with Gasteiger partial charge in [-0.1, -0.05) is 35.9 Å². The molecule has 1 aliphatic heterocycles. The van der Waals surface area contributed by atoms with Crippen molar-refractivity contribution < 1.29 is 9.21 Å². The van der Waals surface area contributed by atoms with Crippen LogP contribution < -0.4 is 10.5 Å². The van der Waals surface area contributed by atoms with Crippen LogP contribution in [0.1, 0.15) is 16.5 Å². The summed E-state index contributed by atoms with van der Waals surface area (Å²) in [5.41, 5.74) is 2.95. The second-order valence-electron chi connectivity index (χ2n) is 5.78. The normalized spacial score (nSPS) is 17.6. The summed E-state index contributed by atoms with van der Waals surface area (Å²) in [7, 11) is 0. The van der Waals surface area contributed by atoms with Crippen LogP contribution in [0.2, 0.25) is 0 Å². The Balaban J connectivity index is 1.87. The molecule has 1 unspecified atom stereocenters. The summed E-state index contributed by atoms with van der Waals surface area (Å²) >= 11 is 1.53. The van der Waals surface area contributed by atoms with Crippen molar-refractivity contribution >= 4 is 34.3 Å². The molecule has 1 fully saturated rings. The Morgan fingerprint density at radius 3 is 2.62 bits per heavy atom. The van der Waals surface area contributed by atoms with Gasteiger partial charge in [-0.3, -0.25) is 9.69 Å². The van der Waals surface area contributed by atoms with Crippen molar-refractivity contribution in [2.24, 2.45) is 0 Å². The molecule has 0 radical (unpaired) electrons. The van der Waals surface area contributed by atoms with Gasteiger partial charge in [0.2, 0.25) is 5.91 Å². The van der Waals surface area contributed by atoms with Crippen LogP contribution in [0, 0.1) is 6.92 Å². The number of amides is 1. The number of hydrogen-bond donors (Lipinski definition) is 0. The third kappa shape index (κ3) is 2.51. The maximum Gasteiger partial charge on any atom is 0.336 e. The summed E-state index contributed by atoms with van der Waals surface area (Å²) in [5.74, 6) is 0.443. The molecule has 0 bridgehead atoms. The number of carbonyl (C=O) groups excluding carboxylic acids is 1. The third-order valence-electron chi connectivity index (χ3n) is 4.13. The standard InChI is InChI=1S/C19H15NO3S/c1-12-6-8-13(9-7-12)20-17(21)11-24-19(20)15-10-18(22)23-16-5-3-2-4-14(15)16/h2-10,19H,11H2,1H3. The predicted octanol–water partition coefficient (Wildman–Crippen LogP) is 3.88. The van der Waals surface area contributed by atoms with Crippen molar-refractivity contribution in [3.63, 3.8) is 0 Å². The minimum Gasteiger partial charge on any atom is -0.423 e. The highest BCUT2D eigenvalue weighted by molar-refractivity contribution is 8.00. The molecule has 2 aromatic carbocycles. The Labute approximate surface area is 143 Å². The van der Waals surface area contributed by atoms with Gasteiger partial charge < -0.3 is 4.42 Å². The van der Waals surface area contributed by atoms with Crippen molar-refractivity contribution in [1.29, 1.82) is 0 Å². The van der Waals surface area contributed by atoms with Crippen molar-refractivity contribution in [2.75, 3.05) is 10.7 Å². The van der Waals surface area contributed by atoms with E-state index >= 15 is 0 Å². The Morgan fingerprint density at radius 1 is 1.08 bits per heavy atom. The van der Waals surface area contributed by atoms with E-state index in [-0.39, 0.29) is 11.3 Å². The molecule has 0 saturated carbocycles. The molecule has 1 aliphatic rings. The van der Waals surface area contributed by atoms with E-state index in [1.165, 1.54) is 17.8 Å². The number of hydrogen-bond acceptors (Lipinski definition) is 4. The lowest BCUT2D eigenvalue weighted by Gasteiger charge is -2.25. The quantitative estimate of drug-likeness (QED) is 0.666. The first kappa shape index (κ1) is 15.0. The first-order valence-corrected chi connectivity index (χ1v) is 8.71. The van der Waals surface area contributed by atoms with Gasteiger partial charge >= 0.3 is 5.63 Å². The Hall–Kier alpha value is -2.53. The topological polar surface area (TPSA) is 50.5 Å². The smallest absolute Gasteiger partial charge is 0.336 e. The van der Waals surface area contributed by atoms with Gasteiger partial charge in [0, 0.05) is 22.7 Å². The Bertz CT molecular complexity index is 978. The molecule has 3 aromatic rings. The molecule has 24 heavy (non-hydrogen) atoms. The third-order valence-corrected chi connectivity index (χ3v) is 5.32. The van der Waals surface area contributed by atoms with Crippen LogP contribution in [0.25, 0.3) is 11.0 Å². The van der Waals surface area contributed by atoms with Crippen LogP contribution in [0.4, 0.5) is 5.69 Å². The molecular formula is C19H15NO3S. The minimum absolute atomic E-state index is 0.0474. The second kappa shape index (κ2) is 5.83. The maximum absolute atomic E-state index is 12.5. The summed E-state index contributed by atoms with van der Waals surface area (Å²) in [6.07, 6.45) is 0. The van der Waals surface area contributed by atoms with Crippen molar-refractivity contribution in [3.8, 4) is 0 Å². The maximum atomic E-state index is 12.5. The number of benzene rings is 2. The number of nitrogens with zero attached hydrogens (tertiary/aromatic N) is 1. The first-order valence-electron chi connectivity index (χ1n) is 7.66. The molecule has 0 N–H and O–H groups in total. The van der Waals surface area contributed by atoms with Crippen molar-refractivity contribution in [3.05, 3.63) is 76.1 Å². The molecule has 2 heterocycles. The van der Waals surface area contributed by atoms with Crippen LogP contribution >= 0.6 is 11.8 Å². The number of carbonyl (C=O) groups is 1. The van der Waals surface area contributed by atoms with E-state index in [0.29, 0.717) is 11.3 Å². The minimum atomic E-state index is -0.396. The monoisotopic (exact) mass is 337 g/mol. The average molecular weight is 337 g/mol. The highest BCUT2D eigenvalue weighted by Gasteiger charge is 2.35. The first-order chi connectivity index (χ1) is 11.6. The van der Waals surface area contributed by atoms with Gasteiger partial charge in [0.1, 0.15) is 11.0 Å². The number of rotatable bonds is 2. The van der Waals surface area contributed by atoms with E-state index in [1.807, 2.05) is 49.4 Å². The van der Waals surface area contributed by atoms with E-state index in [0.717, 1.165) is 22.2 Å². The highest BCUT2D eigenvalue weighted by Crippen LogP contribution is 2.43. The van der Waals surface area contributed by atoms with E-state index < -0.39 is 5.63 Å². The Morgan fingerprint density at radius 2 is 1.83 bits per heavy atom.